The Morgan fingerprint density at radius 3 is 2.62 bits per heavy atom. The molecule has 0 saturated carbocycles. The Hall–Kier alpha value is -3.46. The number of para-hydroxylation sites is 1. The fourth-order valence-electron chi connectivity index (χ4n) is 2.78. The zero-order chi connectivity index (χ0) is 16.7. The lowest BCUT2D eigenvalue weighted by Gasteiger charge is -2.06. The van der Waals surface area contributed by atoms with Crippen LogP contribution < -0.4 is 5.69 Å². The average molecular weight is 315 g/mol. The predicted molar refractivity (Wildman–Crippen MR) is 90.5 cm³/mol. The first-order chi connectivity index (χ1) is 11.7. The van der Waals surface area contributed by atoms with E-state index in [1.807, 2.05) is 61.5 Å². The normalized spacial score (nSPS) is 11.0. The number of fused-ring (bicyclic) bond motifs is 3. The number of nitriles is 1. The van der Waals surface area contributed by atoms with Gasteiger partial charge in [0.15, 0.2) is 11.5 Å². The van der Waals surface area contributed by atoms with Crippen LogP contribution in [0, 0.1) is 18.3 Å². The summed E-state index contributed by atoms with van der Waals surface area (Å²) in [6, 6.07) is 17.3. The highest BCUT2D eigenvalue weighted by Gasteiger charge is 2.15. The van der Waals surface area contributed by atoms with Crippen LogP contribution in [-0.2, 0) is 6.54 Å². The van der Waals surface area contributed by atoms with Crippen molar-refractivity contribution < 1.29 is 0 Å². The van der Waals surface area contributed by atoms with Crippen LogP contribution in [-0.4, -0.2) is 19.2 Å². The maximum absolute atomic E-state index is 12.7. The summed E-state index contributed by atoms with van der Waals surface area (Å²) in [7, 11) is 0. The second-order valence-electron chi connectivity index (χ2n) is 5.58. The molecule has 0 unspecified atom stereocenters. The first-order valence-corrected chi connectivity index (χ1v) is 7.51. The van der Waals surface area contributed by atoms with Crippen LogP contribution in [0.1, 0.15) is 5.56 Å². The van der Waals surface area contributed by atoms with E-state index >= 15 is 0 Å². The fourth-order valence-corrected chi connectivity index (χ4v) is 2.78. The Bertz CT molecular complexity index is 1160. The second kappa shape index (κ2) is 5.32. The Morgan fingerprint density at radius 2 is 1.88 bits per heavy atom. The van der Waals surface area contributed by atoms with Crippen molar-refractivity contribution in [3.05, 3.63) is 64.6 Å². The number of benzene rings is 2. The molecule has 0 radical (unpaired) electrons. The molecular formula is C18H13N5O. The van der Waals surface area contributed by atoms with Crippen molar-refractivity contribution in [1.29, 1.82) is 5.26 Å². The van der Waals surface area contributed by atoms with Crippen molar-refractivity contribution in [3.63, 3.8) is 0 Å². The van der Waals surface area contributed by atoms with Crippen LogP contribution >= 0.6 is 0 Å². The molecule has 4 aromatic rings. The lowest BCUT2D eigenvalue weighted by Crippen LogP contribution is -2.27. The average Bonchev–Trinajstić information content (AvgIpc) is 3.05. The van der Waals surface area contributed by atoms with Crippen LogP contribution in [0.15, 0.2) is 53.3 Å². The Labute approximate surface area is 137 Å². The van der Waals surface area contributed by atoms with Gasteiger partial charge in [0.05, 0.1) is 11.6 Å². The molecule has 0 saturated heterocycles. The molecule has 0 amide bonds. The van der Waals surface area contributed by atoms with Gasteiger partial charge >= 0.3 is 5.69 Å². The molecule has 2 heterocycles. The molecule has 0 aliphatic carbocycles. The summed E-state index contributed by atoms with van der Waals surface area (Å²) >= 11 is 0. The fraction of sp³-hybridized carbons (Fsp3) is 0.111. The third kappa shape index (κ3) is 2.07. The minimum Gasteiger partial charge on any atom is -0.278 e. The zero-order valence-electron chi connectivity index (χ0n) is 13.0. The van der Waals surface area contributed by atoms with Crippen LogP contribution in [0.5, 0.6) is 0 Å². The monoisotopic (exact) mass is 315 g/mol. The number of aromatic nitrogens is 4. The van der Waals surface area contributed by atoms with Gasteiger partial charge in [0, 0.05) is 10.9 Å². The summed E-state index contributed by atoms with van der Waals surface area (Å²) in [4.78, 5) is 17.3. The molecule has 24 heavy (non-hydrogen) atoms. The van der Waals surface area contributed by atoms with Gasteiger partial charge in [0.1, 0.15) is 6.54 Å². The Balaban J connectivity index is 2.08. The minimum atomic E-state index is -0.365. The highest BCUT2D eigenvalue weighted by molar-refractivity contribution is 5.91. The zero-order valence-corrected chi connectivity index (χ0v) is 13.0. The van der Waals surface area contributed by atoms with E-state index in [4.69, 9.17) is 5.26 Å². The SMILES string of the molecule is Cc1ccc(-c2nc3c4ccccc4n(CC#N)c(=O)n3n2)cc1. The predicted octanol–water partition coefficient (Wildman–Crippen LogP) is 2.54. The second-order valence-corrected chi connectivity index (χ2v) is 5.58. The van der Waals surface area contributed by atoms with Gasteiger partial charge in [-0.3, -0.25) is 4.57 Å². The maximum atomic E-state index is 12.7. The first-order valence-electron chi connectivity index (χ1n) is 7.51. The quantitative estimate of drug-likeness (QED) is 0.569. The van der Waals surface area contributed by atoms with E-state index in [0.717, 1.165) is 16.5 Å². The molecule has 6 heteroatoms. The molecule has 0 fully saturated rings. The standard InChI is InChI=1S/C18H13N5O/c1-12-6-8-13(9-7-12)16-20-17-14-4-2-3-5-15(14)22(11-10-19)18(24)23(17)21-16/h2-9H,11H2,1H3. The van der Waals surface area contributed by atoms with Crippen molar-refractivity contribution in [1.82, 2.24) is 19.2 Å². The summed E-state index contributed by atoms with van der Waals surface area (Å²) in [5.74, 6) is 0.493. The van der Waals surface area contributed by atoms with E-state index < -0.39 is 0 Å². The van der Waals surface area contributed by atoms with E-state index in [1.165, 1.54) is 9.08 Å². The molecule has 4 rings (SSSR count). The van der Waals surface area contributed by atoms with E-state index in [-0.39, 0.29) is 12.2 Å². The van der Waals surface area contributed by atoms with Crippen molar-refractivity contribution in [2.45, 2.75) is 13.5 Å². The van der Waals surface area contributed by atoms with E-state index in [0.29, 0.717) is 17.0 Å². The van der Waals surface area contributed by atoms with Gasteiger partial charge in [-0.1, -0.05) is 42.0 Å². The lowest BCUT2D eigenvalue weighted by molar-refractivity contribution is 0.734. The summed E-state index contributed by atoms with van der Waals surface area (Å²) in [6.45, 7) is 1.98. The molecule has 6 nitrogen and oxygen atoms in total. The first kappa shape index (κ1) is 14.2. The highest BCUT2D eigenvalue weighted by Crippen LogP contribution is 2.21. The molecule has 0 bridgehead atoms. The third-order valence-electron chi connectivity index (χ3n) is 3.99. The summed E-state index contributed by atoms with van der Waals surface area (Å²) in [5, 5.41) is 14.2. The van der Waals surface area contributed by atoms with E-state index in [1.54, 1.807) is 0 Å². The van der Waals surface area contributed by atoms with E-state index in [2.05, 4.69) is 10.1 Å². The van der Waals surface area contributed by atoms with Crippen molar-refractivity contribution in [2.24, 2.45) is 0 Å². The molecule has 2 aromatic heterocycles. The van der Waals surface area contributed by atoms with Crippen molar-refractivity contribution in [3.8, 4) is 17.5 Å². The van der Waals surface area contributed by atoms with Gasteiger partial charge in [-0.2, -0.15) is 9.78 Å². The number of hydrogen-bond acceptors (Lipinski definition) is 4. The third-order valence-corrected chi connectivity index (χ3v) is 3.99. The van der Waals surface area contributed by atoms with Gasteiger partial charge in [0.25, 0.3) is 0 Å². The largest absolute Gasteiger partial charge is 0.352 e. The number of hydrogen-bond donors (Lipinski definition) is 0. The molecule has 0 atom stereocenters. The Morgan fingerprint density at radius 1 is 1.12 bits per heavy atom. The van der Waals surface area contributed by atoms with Gasteiger partial charge < -0.3 is 0 Å². The molecule has 0 N–H and O–H groups in total. The number of aryl methyl sites for hydroxylation is 1. The summed E-state index contributed by atoms with van der Waals surface area (Å²) < 4.78 is 2.69. The molecule has 0 spiro atoms. The molecular weight excluding hydrogens is 302 g/mol. The van der Waals surface area contributed by atoms with Crippen molar-refractivity contribution >= 4 is 16.6 Å². The minimum absolute atomic E-state index is 0.0327. The van der Waals surface area contributed by atoms with Crippen LogP contribution in [0.4, 0.5) is 0 Å². The topological polar surface area (TPSA) is 76.0 Å². The summed E-state index contributed by atoms with van der Waals surface area (Å²) in [6.07, 6.45) is 0. The van der Waals surface area contributed by atoms with Crippen LogP contribution in [0.3, 0.4) is 0 Å². The van der Waals surface area contributed by atoms with Gasteiger partial charge in [0.2, 0.25) is 0 Å². The van der Waals surface area contributed by atoms with E-state index in [9.17, 15) is 4.79 Å². The summed E-state index contributed by atoms with van der Waals surface area (Å²) in [5.41, 5.74) is 2.81. The van der Waals surface area contributed by atoms with Gasteiger partial charge in [-0.15, -0.1) is 5.10 Å². The molecule has 2 aromatic carbocycles. The lowest BCUT2D eigenvalue weighted by atomic mass is 10.1. The smallest absolute Gasteiger partial charge is 0.278 e. The van der Waals surface area contributed by atoms with Gasteiger partial charge in [-0.25, -0.2) is 9.78 Å². The van der Waals surface area contributed by atoms with Gasteiger partial charge in [-0.05, 0) is 19.1 Å². The Kier molecular flexibility index (Phi) is 3.14. The van der Waals surface area contributed by atoms with Crippen molar-refractivity contribution in [2.75, 3.05) is 0 Å². The number of nitrogens with zero attached hydrogens (tertiary/aromatic N) is 5. The highest BCUT2D eigenvalue weighted by atomic mass is 16.2. The number of rotatable bonds is 2. The van der Waals surface area contributed by atoms with Crippen LogP contribution in [0.25, 0.3) is 27.9 Å². The molecule has 0 aliphatic heterocycles. The molecule has 116 valence electrons. The maximum Gasteiger partial charge on any atom is 0.352 e. The van der Waals surface area contributed by atoms with Crippen LogP contribution in [0.2, 0.25) is 0 Å². The molecule has 0 aliphatic rings.